The number of nitriles is 1. The summed E-state index contributed by atoms with van der Waals surface area (Å²) in [4.78, 5) is 0. The van der Waals surface area contributed by atoms with Crippen LogP contribution in [-0.2, 0) is 4.74 Å². The molecule has 1 unspecified atom stereocenters. The molecule has 13 heavy (non-hydrogen) atoms. The van der Waals surface area contributed by atoms with Crippen LogP contribution in [-0.4, -0.2) is 18.8 Å². The van der Waals surface area contributed by atoms with Crippen LogP contribution in [0.15, 0.2) is 0 Å². The zero-order valence-electron chi connectivity index (χ0n) is 8.68. The second-order valence-corrected chi connectivity index (χ2v) is 3.64. The van der Waals surface area contributed by atoms with E-state index in [1.165, 1.54) is 19.3 Å². The molecular formula is C10H20N2O. The second-order valence-electron chi connectivity index (χ2n) is 3.64. The lowest BCUT2D eigenvalue weighted by molar-refractivity contribution is 0.104. The lowest BCUT2D eigenvalue weighted by Crippen LogP contribution is -2.39. The van der Waals surface area contributed by atoms with Gasteiger partial charge in [-0.3, -0.25) is 0 Å². The lowest BCUT2D eigenvalue weighted by Gasteiger charge is -2.14. The van der Waals surface area contributed by atoms with Crippen molar-refractivity contribution in [3.63, 3.8) is 0 Å². The Hall–Kier alpha value is -0.590. The summed E-state index contributed by atoms with van der Waals surface area (Å²) in [6.07, 6.45) is 4.74. The van der Waals surface area contributed by atoms with Gasteiger partial charge < -0.3 is 10.5 Å². The van der Waals surface area contributed by atoms with Gasteiger partial charge in [0.05, 0.1) is 12.7 Å². The minimum atomic E-state index is -0.829. The maximum absolute atomic E-state index is 8.58. The topological polar surface area (TPSA) is 59.0 Å². The first-order chi connectivity index (χ1) is 6.12. The van der Waals surface area contributed by atoms with Crippen molar-refractivity contribution in [3.8, 4) is 6.07 Å². The van der Waals surface area contributed by atoms with Crippen molar-refractivity contribution in [3.05, 3.63) is 0 Å². The highest BCUT2D eigenvalue weighted by atomic mass is 16.5. The van der Waals surface area contributed by atoms with E-state index >= 15 is 0 Å². The molecule has 76 valence electrons. The Kier molecular flexibility index (Phi) is 6.56. The summed E-state index contributed by atoms with van der Waals surface area (Å²) in [5.74, 6) is 0. The van der Waals surface area contributed by atoms with Gasteiger partial charge in [-0.25, -0.2) is 0 Å². The summed E-state index contributed by atoms with van der Waals surface area (Å²) >= 11 is 0. The number of hydrogen-bond acceptors (Lipinski definition) is 3. The molecule has 0 fully saturated rings. The van der Waals surface area contributed by atoms with Gasteiger partial charge in [-0.15, -0.1) is 0 Å². The molecule has 3 heteroatoms. The van der Waals surface area contributed by atoms with Gasteiger partial charge >= 0.3 is 0 Å². The first kappa shape index (κ1) is 12.4. The third kappa shape index (κ3) is 7.76. The molecule has 0 amide bonds. The van der Waals surface area contributed by atoms with Crippen molar-refractivity contribution in [2.24, 2.45) is 5.73 Å². The van der Waals surface area contributed by atoms with Crippen LogP contribution in [0.2, 0.25) is 0 Å². The Morgan fingerprint density at radius 3 is 2.62 bits per heavy atom. The molecule has 3 nitrogen and oxygen atoms in total. The van der Waals surface area contributed by atoms with Gasteiger partial charge in [0, 0.05) is 6.61 Å². The molecule has 0 bridgehead atoms. The fourth-order valence-corrected chi connectivity index (χ4v) is 0.947. The molecule has 0 saturated carbocycles. The highest BCUT2D eigenvalue weighted by Gasteiger charge is 2.16. The number of unbranched alkanes of at least 4 members (excludes halogenated alkanes) is 3. The fraction of sp³-hybridized carbons (Fsp3) is 0.900. The van der Waals surface area contributed by atoms with Crippen LogP contribution in [0.25, 0.3) is 0 Å². The van der Waals surface area contributed by atoms with E-state index in [9.17, 15) is 0 Å². The maximum atomic E-state index is 8.58. The molecule has 0 aromatic rings. The molecule has 0 aromatic heterocycles. The van der Waals surface area contributed by atoms with E-state index in [4.69, 9.17) is 15.7 Å². The molecule has 0 aliphatic heterocycles. The van der Waals surface area contributed by atoms with Gasteiger partial charge in [0.2, 0.25) is 0 Å². The number of nitrogens with zero attached hydrogens (tertiary/aromatic N) is 1. The average molecular weight is 184 g/mol. The molecule has 0 radical (unpaired) electrons. The van der Waals surface area contributed by atoms with Gasteiger partial charge in [0.1, 0.15) is 5.54 Å². The third-order valence-electron chi connectivity index (χ3n) is 1.80. The first-order valence-electron chi connectivity index (χ1n) is 4.90. The monoisotopic (exact) mass is 184 g/mol. The average Bonchev–Trinajstić information content (AvgIpc) is 2.11. The van der Waals surface area contributed by atoms with Crippen LogP contribution in [0.5, 0.6) is 0 Å². The van der Waals surface area contributed by atoms with Gasteiger partial charge in [-0.1, -0.05) is 26.2 Å². The molecule has 0 aromatic carbocycles. The van der Waals surface area contributed by atoms with Gasteiger partial charge in [0.25, 0.3) is 0 Å². The van der Waals surface area contributed by atoms with E-state index in [0.29, 0.717) is 13.2 Å². The quantitative estimate of drug-likeness (QED) is 0.614. The highest BCUT2D eigenvalue weighted by molar-refractivity contribution is 5.00. The fourth-order valence-electron chi connectivity index (χ4n) is 0.947. The summed E-state index contributed by atoms with van der Waals surface area (Å²) in [5.41, 5.74) is 4.74. The van der Waals surface area contributed by atoms with Gasteiger partial charge in [-0.2, -0.15) is 5.26 Å². The van der Waals surface area contributed by atoms with Crippen molar-refractivity contribution in [2.75, 3.05) is 13.2 Å². The Morgan fingerprint density at radius 2 is 2.08 bits per heavy atom. The van der Waals surface area contributed by atoms with Crippen LogP contribution in [0.1, 0.15) is 39.5 Å². The van der Waals surface area contributed by atoms with Crippen molar-refractivity contribution in [1.82, 2.24) is 0 Å². The maximum Gasteiger partial charge on any atom is 0.124 e. The molecule has 2 N–H and O–H groups in total. The van der Waals surface area contributed by atoms with Crippen LogP contribution in [0.3, 0.4) is 0 Å². The molecule has 0 heterocycles. The van der Waals surface area contributed by atoms with Crippen LogP contribution < -0.4 is 5.73 Å². The Balaban J connectivity index is 3.22. The molecular weight excluding hydrogens is 164 g/mol. The molecule has 0 aliphatic carbocycles. The summed E-state index contributed by atoms with van der Waals surface area (Å²) in [6.45, 7) is 4.90. The Labute approximate surface area is 80.9 Å². The number of nitrogens with two attached hydrogens (primary N) is 1. The van der Waals surface area contributed by atoms with E-state index < -0.39 is 5.54 Å². The lowest BCUT2D eigenvalue weighted by atomic mass is 10.1. The standard InChI is InChI=1S/C10H20N2O/c1-3-4-5-6-7-13-9-10(2,12)8-11/h3-7,9,12H2,1-2H3. The Bertz CT molecular complexity index is 161. The summed E-state index contributed by atoms with van der Waals surface area (Å²) in [7, 11) is 0. The smallest absolute Gasteiger partial charge is 0.124 e. The zero-order valence-corrected chi connectivity index (χ0v) is 8.68. The van der Waals surface area contributed by atoms with Crippen molar-refractivity contribution in [2.45, 2.75) is 45.1 Å². The Morgan fingerprint density at radius 1 is 1.38 bits per heavy atom. The van der Waals surface area contributed by atoms with Crippen molar-refractivity contribution in [1.29, 1.82) is 5.26 Å². The summed E-state index contributed by atoms with van der Waals surface area (Å²) < 4.78 is 5.29. The van der Waals surface area contributed by atoms with E-state index in [0.717, 1.165) is 6.42 Å². The zero-order chi connectivity index (χ0) is 10.2. The number of hydrogen-bond donors (Lipinski definition) is 1. The van der Waals surface area contributed by atoms with E-state index in [-0.39, 0.29) is 0 Å². The minimum Gasteiger partial charge on any atom is -0.378 e. The normalized spacial score (nSPS) is 14.9. The molecule has 0 rings (SSSR count). The molecule has 1 atom stereocenters. The molecule has 0 spiro atoms. The van der Waals surface area contributed by atoms with Gasteiger partial charge in [0.15, 0.2) is 0 Å². The van der Waals surface area contributed by atoms with Crippen LogP contribution >= 0.6 is 0 Å². The SMILES string of the molecule is CCCCCCOCC(C)(N)C#N. The predicted octanol–water partition coefficient (Wildman–Crippen LogP) is 1.82. The van der Waals surface area contributed by atoms with Crippen molar-refractivity contribution >= 4 is 0 Å². The third-order valence-corrected chi connectivity index (χ3v) is 1.80. The summed E-state index contributed by atoms with van der Waals surface area (Å²) in [5, 5.41) is 8.58. The highest BCUT2D eigenvalue weighted by Crippen LogP contribution is 2.01. The predicted molar refractivity (Wildman–Crippen MR) is 53.2 cm³/mol. The largest absolute Gasteiger partial charge is 0.378 e. The van der Waals surface area contributed by atoms with Crippen LogP contribution in [0, 0.1) is 11.3 Å². The van der Waals surface area contributed by atoms with Crippen molar-refractivity contribution < 1.29 is 4.74 Å². The second kappa shape index (κ2) is 6.88. The van der Waals surface area contributed by atoms with E-state index in [2.05, 4.69) is 6.92 Å². The van der Waals surface area contributed by atoms with Gasteiger partial charge in [-0.05, 0) is 13.3 Å². The van der Waals surface area contributed by atoms with Crippen LogP contribution in [0.4, 0.5) is 0 Å². The minimum absolute atomic E-state index is 0.329. The number of rotatable bonds is 7. The summed E-state index contributed by atoms with van der Waals surface area (Å²) in [6, 6.07) is 2.00. The number of ether oxygens (including phenoxy) is 1. The molecule has 0 aliphatic rings. The van der Waals surface area contributed by atoms with E-state index in [1.807, 2.05) is 6.07 Å². The first-order valence-corrected chi connectivity index (χ1v) is 4.90. The van der Waals surface area contributed by atoms with E-state index in [1.54, 1.807) is 6.92 Å². The molecule has 0 saturated heterocycles.